The maximum Gasteiger partial charge on any atom is 0.150 e. The first-order valence-corrected chi connectivity index (χ1v) is 7.03. The van der Waals surface area contributed by atoms with Crippen LogP contribution < -0.4 is 0 Å². The van der Waals surface area contributed by atoms with Gasteiger partial charge in [-0.05, 0) is 47.1 Å². The second-order valence-electron chi connectivity index (χ2n) is 3.90. The average Bonchev–Trinajstić information content (AvgIpc) is 2.39. The van der Waals surface area contributed by atoms with Crippen LogP contribution >= 0.6 is 25.2 Å². The molecule has 1 atom stereocenters. The van der Waals surface area contributed by atoms with E-state index >= 15 is 0 Å². The molecule has 0 amide bonds. The number of halogens is 1. The molecule has 2 aromatic carbocycles. The highest BCUT2D eigenvalue weighted by molar-refractivity contribution is 9.10. The van der Waals surface area contributed by atoms with Crippen molar-refractivity contribution in [3.63, 3.8) is 0 Å². The van der Waals surface area contributed by atoms with Gasteiger partial charge in [-0.1, -0.05) is 28.1 Å². The van der Waals surface area contributed by atoms with Crippen molar-refractivity contribution < 1.29 is 9.90 Å². The molecule has 18 heavy (non-hydrogen) atoms. The van der Waals surface area contributed by atoms with Crippen LogP contribution in [0.5, 0.6) is 5.75 Å². The molecule has 0 aromatic heterocycles. The zero-order chi connectivity index (χ0) is 13.1. The van der Waals surface area contributed by atoms with Crippen LogP contribution in [0.25, 0.3) is 11.1 Å². The minimum atomic E-state index is 0.217. The van der Waals surface area contributed by atoms with Gasteiger partial charge in [0.1, 0.15) is 5.75 Å². The van der Waals surface area contributed by atoms with E-state index < -0.39 is 0 Å². The van der Waals surface area contributed by atoms with E-state index in [4.69, 9.17) is 0 Å². The fraction of sp³-hybridized carbons (Fsp3) is 0.0714. The predicted octanol–water partition coefficient (Wildman–Crippen LogP) is 4.01. The van der Waals surface area contributed by atoms with Gasteiger partial charge >= 0.3 is 0 Å². The first-order valence-electron chi connectivity index (χ1n) is 5.42. The maximum atomic E-state index is 11.1. The average molecular weight is 323 g/mol. The standard InChI is InChI=1S/C14H12BrO2P/c15-14-6-10(7-16)13(5-11(14)8-18)9-1-3-12(17)4-2-9/h1-7,17H,8,18H2. The molecule has 4 heteroatoms. The van der Waals surface area contributed by atoms with Crippen molar-refractivity contribution in [1.82, 2.24) is 0 Å². The van der Waals surface area contributed by atoms with Crippen LogP contribution in [0.1, 0.15) is 15.9 Å². The van der Waals surface area contributed by atoms with E-state index in [0.717, 1.165) is 33.6 Å². The lowest BCUT2D eigenvalue weighted by atomic mass is 9.98. The molecule has 2 rings (SSSR count). The van der Waals surface area contributed by atoms with E-state index in [0.29, 0.717) is 5.56 Å². The van der Waals surface area contributed by atoms with Gasteiger partial charge in [0, 0.05) is 10.0 Å². The van der Waals surface area contributed by atoms with E-state index in [1.807, 2.05) is 12.1 Å². The van der Waals surface area contributed by atoms with Gasteiger partial charge in [0.05, 0.1) is 0 Å². The molecule has 0 aliphatic heterocycles. The smallest absolute Gasteiger partial charge is 0.150 e. The van der Waals surface area contributed by atoms with Crippen LogP contribution in [0.2, 0.25) is 0 Å². The lowest BCUT2D eigenvalue weighted by molar-refractivity contribution is 0.112. The van der Waals surface area contributed by atoms with Crippen LogP contribution in [-0.2, 0) is 6.16 Å². The number of aromatic hydroxyl groups is 1. The van der Waals surface area contributed by atoms with Crippen LogP contribution in [-0.4, -0.2) is 11.4 Å². The Hall–Kier alpha value is -1.18. The Morgan fingerprint density at radius 1 is 1.22 bits per heavy atom. The van der Waals surface area contributed by atoms with Gasteiger partial charge in [0.2, 0.25) is 0 Å². The van der Waals surface area contributed by atoms with Crippen LogP contribution in [0.15, 0.2) is 40.9 Å². The number of carbonyl (C=O) groups excluding carboxylic acids is 1. The monoisotopic (exact) mass is 322 g/mol. The van der Waals surface area contributed by atoms with Crippen LogP contribution in [0.3, 0.4) is 0 Å². The Balaban J connectivity index is 2.61. The number of benzene rings is 2. The SMILES string of the molecule is O=Cc1cc(Br)c(CP)cc1-c1ccc(O)cc1. The molecule has 0 saturated carbocycles. The Labute approximate surface area is 116 Å². The third kappa shape index (κ3) is 2.63. The Kier molecular flexibility index (Phi) is 4.15. The minimum Gasteiger partial charge on any atom is -0.508 e. The van der Waals surface area contributed by atoms with Crippen LogP contribution in [0.4, 0.5) is 0 Å². The number of hydrogen-bond acceptors (Lipinski definition) is 2. The largest absolute Gasteiger partial charge is 0.508 e. The third-order valence-electron chi connectivity index (χ3n) is 2.74. The molecule has 0 fully saturated rings. The Bertz CT molecular complexity index is 579. The number of phenolic OH excluding ortho intramolecular Hbond substituents is 1. The molecule has 0 radical (unpaired) electrons. The molecule has 2 nitrogen and oxygen atoms in total. The summed E-state index contributed by atoms with van der Waals surface area (Å²) < 4.78 is 0.933. The number of rotatable bonds is 3. The highest BCUT2D eigenvalue weighted by Crippen LogP contribution is 2.31. The topological polar surface area (TPSA) is 37.3 Å². The van der Waals surface area contributed by atoms with Crippen LogP contribution in [0, 0.1) is 0 Å². The number of hydrogen-bond donors (Lipinski definition) is 1. The summed E-state index contributed by atoms with van der Waals surface area (Å²) in [4.78, 5) is 11.1. The Morgan fingerprint density at radius 2 is 1.89 bits per heavy atom. The molecule has 0 saturated heterocycles. The summed E-state index contributed by atoms with van der Waals surface area (Å²) in [7, 11) is 2.67. The maximum absolute atomic E-state index is 11.1. The van der Waals surface area contributed by atoms with Gasteiger partial charge in [-0.25, -0.2) is 0 Å². The van der Waals surface area contributed by atoms with Crippen molar-refractivity contribution >= 4 is 31.5 Å². The first-order chi connectivity index (χ1) is 8.65. The van der Waals surface area contributed by atoms with Crippen molar-refractivity contribution in [1.29, 1.82) is 0 Å². The molecule has 2 aromatic rings. The fourth-order valence-electron chi connectivity index (χ4n) is 1.78. The molecule has 1 unspecified atom stereocenters. The molecule has 0 heterocycles. The molecular weight excluding hydrogens is 311 g/mol. The highest BCUT2D eigenvalue weighted by atomic mass is 79.9. The van der Waals surface area contributed by atoms with Crippen molar-refractivity contribution in [3.8, 4) is 16.9 Å². The normalized spacial score (nSPS) is 10.3. The van der Waals surface area contributed by atoms with Crippen molar-refractivity contribution in [2.45, 2.75) is 6.16 Å². The number of carbonyl (C=O) groups is 1. The van der Waals surface area contributed by atoms with Gasteiger partial charge in [-0.2, -0.15) is 0 Å². The molecule has 0 spiro atoms. The quantitative estimate of drug-likeness (QED) is 0.684. The molecule has 0 aliphatic rings. The molecule has 0 bridgehead atoms. The number of aldehydes is 1. The lowest BCUT2D eigenvalue weighted by Crippen LogP contribution is -1.91. The summed E-state index contributed by atoms with van der Waals surface area (Å²) >= 11 is 3.45. The summed E-state index contributed by atoms with van der Waals surface area (Å²) in [5.41, 5.74) is 3.55. The highest BCUT2D eigenvalue weighted by Gasteiger charge is 2.09. The van der Waals surface area contributed by atoms with E-state index in [-0.39, 0.29) is 5.75 Å². The van der Waals surface area contributed by atoms with E-state index in [9.17, 15) is 9.90 Å². The van der Waals surface area contributed by atoms with Gasteiger partial charge < -0.3 is 5.11 Å². The molecule has 0 aliphatic carbocycles. The van der Waals surface area contributed by atoms with E-state index in [2.05, 4.69) is 25.2 Å². The van der Waals surface area contributed by atoms with E-state index in [1.54, 1.807) is 24.3 Å². The Morgan fingerprint density at radius 3 is 2.44 bits per heavy atom. The zero-order valence-corrected chi connectivity index (χ0v) is 12.3. The molecular formula is C14H12BrO2P. The number of phenols is 1. The lowest BCUT2D eigenvalue weighted by Gasteiger charge is -2.10. The summed E-state index contributed by atoms with van der Waals surface area (Å²) in [6.45, 7) is 0. The predicted molar refractivity (Wildman–Crippen MR) is 80.0 cm³/mol. The zero-order valence-electron chi connectivity index (χ0n) is 9.56. The fourth-order valence-corrected chi connectivity index (χ4v) is 2.94. The van der Waals surface area contributed by atoms with Crippen molar-refractivity contribution in [2.24, 2.45) is 0 Å². The first kappa shape index (κ1) is 13.3. The third-order valence-corrected chi connectivity index (χ3v) is 3.92. The summed E-state index contributed by atoms with van der Waals surface area (Å²) in [6.07, 6.45) is 1.66. The van der Waals surface area contributed by atoms with Crippen molar-refractivity contribution in [2.75, 3.05) is 0 Å². The summed E-state index contributed by atoms with van der Waals surface area (Å²) in [6, 6.07) is 10.7. The summed E-state index contributed by atoms with van der Waals surface area (Å²) in [5.74, 6) is 0.217. The summed E-state index contributed by atoms with van der Waals surface area (Å²) in [5, 5.41) is 9.29. The minimum absolute atomic E-state index is 0.217. The van der Waals surface area contributed by atoms with Gasteiger partial charge in [0.25, 0.3) is 0 Å². The second-order valence-corrected chi connectivity index (χ2v) is 5.16. The van der Waals surface area contributed by atoms with Gasteiger partial charge in [-0.3, -0.25) is 4.79 Å². The van der Waals surface area contributed by atoms with Gasteiger partial charge in [0.15, 0.2) is 6.29 Å². The van der Waals surface area contributed by atoms with Crippen molar-refractivity contribution in [3.05, 3.63) is 52.0 Å². The van der Waals surface area contributed by atoms with Gasteiger partial charge in [-0.15, -0.1) is 9.24 Å². The molecule has 92 valence electrons. The second kappa shape index (κ2) is 5.64. The molecule has 1 N–H and O–H groups in total. The van der Waals surface area contributed by atoms with E-state index in [1.165, 1.54) is 0 Å².